The average Bonchev–Trinajstić information content (AvgIpc) is 2.95. The normalized spacial score (nSPS) is 12.2. The first-order valence-electron chi connectivity index (χ1n) is 13.1. The smallest absolute Gasteiger partial charge is 0.307 e. The Kier molecular flexibility index (Phi) is 24.8. The predicted molar refractivity (Wildman–Crippen MR) is 152 cm³/mol. The van der Waals surface area contributed by atoms with Crippen molar-refractivity contribution in [2.75, 3.05) is 31.1 Å². The Morgan fingerprint density at radius 1 is 0.714 bits per heavy atom. The van der Waals surface area contributed by atoms with Crippen molar-refractivity contribution in [2.24, 2.45) is 0 Å². The second-order valence-electron chi connectivity index (χ2n) is 5.94. The minimum absolute atomic E-state index is 0.115. The standard InChI is InChI=1S/C18H20N2O4S.5C2H6/c21-18(22)14-15-6-8-17(9-7-15)25(23,24)20-12-10-19(11-13-20)16-4-2-1-3-5-16;5*1-2/h1-9H,10-14H2,(H,21,22);5*1-2H3. The van der Waals surface area contributed by atoms with E-state index in [2.05, 4.69) is 4.90 Å². The maximum atomic E-state index is 12.8. The zero-order valence-corrected chi connectivity index (χ0v) is 24.5. The Labute approximate surface area is 216 Å². The van der Waals surface area contributed by atoms with Gasteiger partial charge in [0.05, 0.1) is 11.3 Å². The molecule has 0 bridgehead atoms. The lowest BCUT2D eigenvalue weighted by molar-refractivity contribution is -0.136. The second-order valence-corrected chi connectivity index (χ2v) is 7.88. The molecule has 0 saturated carbocycles. The minimum atomic E-state index is -3.55. The molecule has 0 radical (unpaired) electrons. The number of hydrogen-bond acceptors (Lipinski definition) is 4. The SMILES string of the molecule is CC.CC.CC.CC.CC.O=C(O)Cc1ccc(S(=O)(=O)N2CCN(c3ccccc3)CC2)cc1. The molecular weight excluding hydrogens is 460 g/mol. The molecule has 6 nitrogen and oxygen atoms in total. The predicted octanol–water partition coefficient (Wildman–Crippen LogP) is 6.96. The number of anilines is 1. The third-order valence-electron chi connectivity index (χ3n) is 4.28. The Balaban J connectivity index is -0.000000912. The molecule has 0 amide bonds. The molecule has 2 aromatic carbocycles. The number of nitrogens with zero attached hydrogens (tertiary/aromatic N) is 2. The van der Waals surface area contributed by atoms with Gasteiger partial charge in [-0.05, 0) is 29.8 Å². The molecule has 0 unspecified atom stereocenters. The van der Waals surface area contributed by atoms with Crippen LogP contribution >= 0.6 is 0 Å². The summed E-state index contributed by atoms with van der Waals surface area (Å²) in [4.78, 5) is 13.1. The highest BCUT2D eigenvalue weighted by atomic mass is 32.2. The minimum Gasteiger partial charge on any atom is -0.481 e. The summed E-state index contributed by atoms with van der Waals surface area (Å²) >= 11 is 0. The fourth-order valence-electron chi connectivity index (χ4n) is 2.93. The van der Waals surface area contributed by atoms with Gasteiger partial charge in [0, 0.05) is 31.9 Å². The highest BCUT2D eigenvalue weighted by Gasteiger charge is 2.28. The fourth-order valence-corrected chi connectivity index (χ4v) is 4.35. The molecule has 202 valence electrons. The maximum absolute atomic E-state index is 12.8. The van der Waals surface area contributed by atoms with Crippen LogP contribution in [0.5, 0.6) is 0 Å². The van der Waals surface area contributed by atoms with Crippen molar-refractivity contribution in [1.29, 1.82) is 0 Å². The summed E-state index contributed by atoms with van der Waals surface area (Å²) in [5.41, 5.74) is 1.68. The number of piperazine rings is 1. The molecule has 1 N–H and O–H groups in total. The van der Waals surface area contributed by atoms with Crippen LogP contribution in [-0.4, -0.2) is 50.0 Å². The quantitative estimate of drug-likeness (QED) is 0.471. The van der Waals surface area contributed by atoms with Gasteiger partial charge in [-0.1, -0.05) is 99.6 Å². The monoisotopic (exact) mass is 510 g/mol. The van der Waals surface area contributed by atoms with E-state index in [0.717, 1.165) is 5.69 Å². The largest absolute Gasteiger partial charge is 0.481 e. The van der Waals surface area contributed by atoms with Gasteiger partial charge in [-0.15, -0.1) is 0 Å². The van der Waals surface area contributed by atoms with E-state index in [9.17, 15) is 13.2 Å². The summed E-state index contributed by atoms with van der Waals surface area (Å²) in [5.74, 6) is -0.937. The molecular formula is C28H50N2O4S. The van der Waals surface area contributed by atoms with Crippen LogP contribution in [0.25, 0.3) is 0 Å². The van der Waals surface area contributed by atoms with Crippen molar-refractivity contribution in [3.05, 3.63) is 60.2 Å². The molecule has 3 rings (SSSR count). The Morgan fingerprint density at radius 3 is 1.54 bits per heavy atom. The molecule has 0 atom stereocenters. The summed E-state index contributed by atoms with van der Waals surface area (Å²) in [5, 5.41) is 8.79. The van der Waals surface area contributed by atoms with E-state index in [4.69, 9.17) is 5.11 Å². The molecule has 0 spiro atoms. The lowest BCUT2D eigenvalue weighted by atomic mass is 10.2. The maximum Gasteiger partial charge on any atom is 0.307 e. The van der Waals surface area contributed by atoms with Crippen molar-refractivity contribution < 1.29 is 18.3 Å². The van der Waals surface area contributed by atoms with E-state index in [-0.39, 0.29) is 11.3 Å². The summed E-state index contributed by atoms with van der Waals surface area (Å²) in [6.07, 6.45) is -0.115. The molecule has 0 aromatic heterocycles. The van der Waals surface area contributed by atoms with Crippen LogP contribution in [0.3, 0.4) is 0 Å². The number of carboxylic acid groups (broad SMARTS) is 1. The summed E-state index contributed by atoms with van der Waals surface area (Å²) in [6, 6.07) is 16.0. The molecule has 1 aliphatic heterocycles. The van der Waals surface area contributed by atoms with Crippen molar-refractivity contribution in [3.8, 4) is 0 Å². The molecule has 0 aliphatic carbocycles. The van der Waals surface area contributed by atoms with E-state index >= 15 is 0 Å². The van der Waals surface area contributed by atoms with Crippen LogP contribution in [0.4, 0.5) is 5.69 Å². The number of carbonyl (C=O) groups is 1. The summed E-state index contributed by atoms with van der Waals surface area (Å²) in [6.45, 7) is 22.1. The number of para-hydroxylation sites is 1. The zero-order chi connectivity index (χ0) is 27.9. The van der Waals surface area contributed by atoms with E-state index in [1.165, 1.54) is 16.4 Å². The van der Waals surface area contributed by atoms with Gasteiger partial charge < -0.3 is 10.0 Å². The number of sulfonamides is 1. The lowest BCUT2D eigenvalue weighted by Crippen LogP contribution is -2.48. The molecule has 1 heterocycles. The van der Waals surface area contributed by atoms with Crippen molar-refractivity contribution >= 4 is 21.7 Å². The Bertz CT molecular complexity index is 831. The van der Waals surface area contributed by atoms with Gasteiger partial charge in [0.15, 0.2) is 0 Å². The van der Waals surface area contributed by atoms with E-state index in [1.54, 1.807) is 12.1 Å². The molecule has 1 aliphatic rings. The van der Waals surface area contributed by atoms with Crippen LogP contribution in [0, 0.1) is 0 Å². The lowest BCUT2D eigenvalue weighted by Gasteiger charge is -2.35. The van der Waals surface area contributed by atoms with Gasteiger partial charge in [-0.2, -0.15) is 4.31 Å². The first-order chi connectivity index (χ1) is 17.0. The highest BCUT2D eigenvalue weighted by molar-refractivity contribution is 7.89. The van der Waals surface area contributed by atoms with Gasteiger partial charge in [0.25, 0.3) is 0 Å². The number of hydrogen-bond donors (Lipinski definition) is 1. The van der Waals surface area contributed by atoms with Crippen molar-refractivity contribution in [1.82, 2.24) is 4.31 Å². The van der Waals surface area contributed by atoms with Crippen molar-refractivity contribution in [3.63, 3.8) is 0 Å². The fraction of sp³-hybridized carbons (Fsp3) is 0.536. The van der Waals surface area contributed by atoms with Crippen LogP contribution in [-0.2, 0) is 21.2 Å². The molecule has 1 fully saturated rings. The third kappa shape index (κ3) is 13.3. The number of benzene rings is 2. The van der Waals surface area contributed by atoms with Crippen LogP contribution < -0.4 is 4.90 Å². The van der Waals surface area contributed by atoms with Gasteiger partial charge in [0.2, 0.25) is 10.0 Å². The van der Waals surface area contributed by atoms with Crippen LogP contribution in [0.1, 0.15) is 74.8 Å². The van der Waals surface area contributed by atoms with Gasteiger partial charge >= 0.3 is 5.97 Å². The molecule has 35 heavy (non-hydrogen) atoms. The van der Waals surface area contributed by atoms with E-state index in [0.29, 0.717) is 31.7 Å². The average molecular weight is 511 g/mol. The molecule has 2 aromatic rings. The van der Waals surface area contributed by atoms with E-state index in [1.807, 2.05) is 99.6 Å². The van der Waals surface area contributed by atoms with Gasteiger partial charge in [-0.25, -0.2) is 8.42 Å². The number of rotatable bonds is 5. The van der Waals surface area contributed by atoms with Gasteiger partial charge in [-0.3, -0.25) is 4.79 Å². The number of carboxylic acids is 1. The Morgan fingerprint density at radius 2 is 1.14 bits per heavy atom. The van der Waals surface area contributed by atoms with Crippen molar-refractivity contribution in [2.45, 2.75) is 80.6 Å². The molecule has 7 heteroatoms. The zero-order valence-electron chi connectivity index (χ0n) is 23.7. The second kappa shape index (κ2) is 23.4. The van der Waals surface area contributed by atoms with Gasteiger partial charge in [0.1, 0.15) is 0 Å². The van der Waals surface area contributed by atoms with Crippen LogP contribution in [0.15, 0.2) is 59.5 Å². The Hall–Kier alpha value is -2.38. The topological polar surface area (TPSA) is 77.9 Å². The molecule has 1 saturated heterocycles. The summed E-state index contributed by atoms with van der Waals surface area (Å²) < 4.78 is 27.0. The van der Waals surface area contributed by atoms with Crippen LogP contribution in [0.2, 0.25) is 0 Å². The first kappa shape index (κ1) is 37.2. The summed E-state index contributed by atoms with van der Waals surface area (Å²) in [7, 11) is -3.55. The highest BCUT2D eigenvalue weighted by Crippen LogP contribution is 2.21. The van der Waals surface area contributed by atoms with E-state index < -0.39 is 16.0 Å². The number of aliphatic carboxylic acids is 1. The first-order valence-corrected chi connectivity index (χ1v) is 14.5. The third-order valence-corrected chi connectivity index (χ3v) is 6.19.